The first-order valence-corrected chi connectivity index (χ1v) is 11.5. The summed E-state index contributed by atoms with van der Waals surface area (Å²) in [4.78, 5) is 62.7. The molecule has 0 bridgehead atoms. The molecule has 0 aromatic heterocycles. The van der Waals surface area contributed by atoms with Crippen LogP contribution in [0, 0.1) is 0 Å². The molecule has 0 radical (unpaired) electrons. The van der Waals surface area contributed by atoms with E-state index in [4.69, 9.17) is 11.5 Å². The van der Waals surface area contributed by atoms with Crippen molar-refractivity contribution in [2.24, 2.45) is 11.5 Å². The minimum absolute atomic E-state index is 0.0768. The van der Waals surface area contributed by atoms with Gasteiger partial charge in [-0.05, 0) is 50.3 Å². The van der Waals surface area contributed by atoms with Gasteiger partial charge in [-0.25, -0.2) is 4.79 Å². The van der Waals surface area contributed by atoms with Gasteiger partial charge in [0.05, 0.1) is 12.1 Å². The van der Waals surface area contributed by atoms with Crippen molar-refractivity contribution in [3.63, 3.8) is 0 Å². The molecule has 1 aromatic rings. The van der Waals surface area contributed by atoms with Crippen LogP contribution in [0.5, 0.6) is 5.75 Å². The van der Waals surface area contributed by atoms with Gasteiger partial charge in [-0.1, -0.05) is 12.1 Å². The normalized spacial score (nSPS) is 18.5. The summed E-state index contributed by atoms with van der Waals surface area (Å²) in [6, 6.07) is 1.40. The zero-order chi connectivity index (χ0) is 27.0. The Balaban J connectivity index is 2.10. The van der Waals surface area contributed by atoms with Crippen molar-refractivity contribution >= 4 is 29.6 Å². The third-order valence-corrected chi connectivity index (χ3v) is 5.91. The Bertz CT molecular complexity index is 968. The number of phenols is 1. The van der Waals surface area contributed by atoms with E-state index in [1.807, 2.05) is 0 Å². The maximum atomic E-state index is 13.1. The average Bonchev–Trinajstić information content (AvgIpc) is 3.30. The van der Waals surface area contributed by atoms with Gasteiger partial charge in [0.15, 0.2) is 6.04 Å². The van der Waals surface area contributed by atoms with Crippen LogP contribution in [0.1, 0.15) is 38.2 Å². The molecule has 0 aliphatic carbocycles. The fourth-order valence-electron chi connectivity index (χ4n) is 3.96. The van der Waals surface area contributed by atoms with E-state index in [2.05, 4.69) is 10.6 Å². The largest absolute Gasteiger partial charge is 0.508 e. The highest BCUT2D eigenvalue weighted by atomic mass is 16.4. The molecule has 2 rings (SSSR count). The molecule has 0 saturated carbocycles. The second kappa shape index (κ2) is 12.8. The number of likely N-dealkylation sites (tertiary alicyclic amines) is 1. The third kappa shape index (κ3) is 7.92. The highest BCUT2D eigenvalue weighted by Crippen LogP contribution is 2.20. The number of hydrogen-bond donors (Lipinski definition) is 7. The van der Waals surface area contributed by atoms with Gasteiger partial charge in [0.2, 0.25) is 23.6 Å². The Morgan fingerprint density at radius 2 is 1.78 bits per heavy atom. The first-order chi connectivity index (χ1) is 16.9. The maximum absolute atomic E-state index is 13.1. The second-order valence-electron chi connectivity index (χ2n) is 8.80. The predicted octanol–water partition coefficient (Wildman–Crippen LogP) is -2.05. The van der Waals surface area contributed by atoms with Crippen LogP contribution < -0.4 is 22.1 Å². The Kier molecular flexibility index (Phi) is 10.2. The summed E-state index contributed by atoms with van der Waals surface area (Å²) in [6.07, 6.45) is -0.869. The van der Waals surface area contributed by atoms with E-state index in [-0.39, 0.29) is 31.6 Å². The average molecular weight is 508 g/mol. The molecule has 13 heteroatoms. The molecule has 1 saturated heterocycles. The second-order valence-corrected chi connectivity index (χ2v) is 8.80. The summed E-state index contributed by atoms with van der Waals surface area (Å²) < 4.78 is 0. The molecule has 1 aromatic carbocycles. The monoisotopic (exact) mass is 507 g/mol. The number of benzene rings is 1. The van der Waals surface area contributed by atoms with Gasteiger partial charge in [-0.15, -0.1) is 0 Å². The van der Waals surface area contributed by atoms with Crippen LogP contribution in [0.4, 0.5) is 0 Å². The Hall–Kier alpha value is -3.71. The minimum Gasteiger partial charge on any atom is -0.508 e. The zero-order valence-corrected chi connectivity index (χ0v) is 19.9. The number of nitrogens with two attached hydrogens (primary N) is 2. The number of aliphatic hydroxyl groups is 1. The lowest BCUT2D eigenvalue weighted by Gasteiger charge is -2.29. The zero-order valence-electron chi connectivity index (χ0n) is 19.9. The highest BCUT2D eigenvalue weighted by Gasteiger charge is 2.38. The fourth-order valence-corrected chi connectivity index (χ4v) is 3.96. The molecular formula is C23H33N5O8. The molecule has 9 N–H and O–H groups in total. The summed E-state index contributed by atoms with van der Waals surface area (Å²) in [5, 5.41) is 32.9. The van der Waals surface area contributed by atoms with Crippen LogP contribution in [0.25, 0.3) is 0 Å². The van der Waals surface area contributed by atoms with E-state index in [1.54, 1.807) is 12.1 Å². The third-order valence-electron chi connectivity index (χ3n) is 5.91. The lowest BCUT2D eigenvalue weighted by atomic mass is 10.0. The summed E-state index contributed by atoms with van der Waals surface area (Å²) in [7, 11) is 0. The highest BCUT2D eigenvalue weighted by molar-refractivity contribution is 5.94. The number of nitrogens with zero attached hydrogens (tertiary/aromatic N) is 1. The summed E-state index contributed by atoms with van der Waals surface area (Å²) in [5.74, 6) is -4.17. The van der Waals surface area contributed by atoms with Crippen molar-refractivity contribution in [2.45, 2.75) is 69.3 Å². The smallest absolute Gasteiger partial charge is 0.328 e. The molecule has 1 heterocycles. The van der Waals surface area contributed by atoms with E-state index in [1.165, 1.54) is 24.0 Å². The molecule has 1 aliphatic rings. The Morgan fingerprint density at radius 3 is 2.33 bits per heavy atom. The maximum Gasteiger partial charge on any atom is 0.328 e. The molecule has 36 heavy (non-hydrogen) atoms. The number of primary amides is 1. The number of carbonyl (C=O) groups excluding carboxylic acids is 4. The van der Waals surface area contributed by atoms with Gasteiger partial charge >= 0.3 is 5.97 Å². The van der Waals surface area contributed by atoms with Crippen molar-refractivity contribution in [3.8, 4) is 5.75 Å². The molecule has 1 fully saturated rings. The lowest BCUT2D eigenvalue weighted by Crippen LogP contribution is -2.58. The van der Waals surface area contributed by atoms with E-state index in [0.29, 0.717) is 12.8 Å². The summed E-state index contributed by atoms with van der Waals surface area (Å²) in [5.41, 5.74) is 12.0. The van der Waals surface area contributed by atoms with Crippen molar-refractivity contribution in [1.82, 2.24) is 15.5 Å². The van der Waals surface area contributed by atoms with E-state index >= 15 is 0 Å². The first-order valence-electron chi connectivity index (χ1n) is 11.5. The quantitative estimate of drug-likeness (QED) is 0.165. The number of carbonyl (C=O) groups is 5. The molecule has 0 spiro atoms. The van der Waals surface area contributed by atoms with E-state index in [9.17, 15) is 39.3 Å². The fraction of sp³-hybridized carbons (Fsp3) is 0.522. The molecule has 198 valence electrons. The van der Waals surface area contributed by atoms with Crippen LogP contribution in [0.2, 0.25) is 0 Å². The van der Waals surface area contributed by atoms with Crippen LogP contribution in [0.15, 0.2) is 24.3 Å². The van der Waals surface area contributed by atoms with Crippen molar-refractivity contribution < 1.29 is 39.3 Å². The van der Waals surface area contributed by atoms with Crippen molar-refractivity contribution in [3.05, 3.63) is 29.8 Å². The van der Waals surface area contributed by atoms with E-state index in [0.717, 1.165) is 5.56 Å². The van der Waals surface area contributed by atoms with Crippen LogP contribution in [0.3, 0.4) is 0 Å². The number of aliphatic carboxylic acids is 1. The standard InChI is InChI=1S/C23H33N5O8/c1-12(29)19(23(35)36)27-20(32)16(8-9-18(25)31)26-21(33)17-3-2-10-28(17)22(34)15(24)11-13-4-6-14(30)7-5-13/h4-7,12,15-17,19,29-30H,2-3,8-11,24H2,1H3,(H2,25,31)(H,26,33)(H,27,32)(H,35,36). The van der Waals surface area contributed by atoms with Gasteiger partial charge in [-0.2, -0.15) is 0 Å². The predicted molar refractivity (Wildman–Crippen MR) is 126 cm³/mol. The van der Waals surface area contributed by atoms with Gasteiger partial charge in [0.25, 0.3) is 0 Å². The molecule has 13 nitrogen and oxygen atoms in total. The number of rotatable bonds is 12. The number of aromatic hydroxyl groups is 1. The summed E-state index contributed by atoms with van der Waals surface area (Å²) >= 11 is 0. The number of amides is 4. The summed E-state index contributed by atoms with van der Waals surface area (Å²) in [6.45, 7) is 1.46. The Labute approximate surface area is 207 Å². The minimum atomic E-state index is -1.63. The topological polar surface area (TPSA) is 225 Å². The molecule has 4 amide bonds. The first kappa shape index (κ1) is 28.5. The van der Waals surface area contributed by atoms with Gasteiger partial charge in [0, 0.05) is 13.0 Å². The van der Waals surface area contributed by atoms with Crippen molar-refractivity contribution in [1.29, 1.82) is 0 Å². The number of phenolic OH excluding ortho intramolecular Hbond substituents is 1. The van der Waals surface area contributed by atoms with Gasteiger partial charge < -0.3 is 42.3 Å². The molecular weight excluding hydrogens is 474 g/mol. The Morgan fingerprint density at radius 1 is 1.14 bits per heavy atom. The number of carboxylic acids is 1. The van der Waals surface area contributed by atoms with Gasteiger partial charge in [0.1, 0.15) is 17.8 Å². The number of carboxylic acid groups (broad SMARTS) is 1. The molecule has 5 unspecified atom stereocenters. The van der Waals surface area contributed by atoms with Crippen LogP contribution in [-0.2, 0) is 30.4 Å². The number of aliphatic hydroxyl groups excluding tert-OH is 1. The SMILES string of the molecule is CC(O)C(NC(=O)C(CCC(N)=O)NC(=O)C1CCCN1C(=O)C(N)Cc1ccc(O)cc1)C(=O)O. The molecule has 5 atom stereocenters. The van der Waals surface area contributed by atoms with Gasteiger partial charge in [-0.3, -0.25) is 19.2 Å². The number of hydrogen-bond acceptors (Lipinski definition) is 8. The lowest BCUT2D eigenvalue weighted by molar-refractivity contribution is -0.145. The van der Waals surface area contributed by atoms with Crippen molar-refractivity contribution in [2.75, 3.05) is 6.54 Å². The van der Waals surface area contributed by atoms with Crippen LogP contribution in [-0.4, -0.2) is 86.6 Å². The van der Waals surface area contributed by atoms with Crippen LogP contribution >= 0.6 is 0 Å². The number of nitrogens with one attached hydrogen (secondary N) is 2. The molecule has 1 aliphatic heterocycles. The van der Waals surface area contributed by atoms with E-state index < -0.39 is 59.9 Å².